The van der Waals surface area contributed by atoms with E-state index in [4.69, 9.17) is 21.7 Å². The maximum absolute atomic E-state index is 11.0. The molecular weight excluding hydrogens is 362 g/mol. The molecular formula is C21H26ClN3O2. The molecule has 0 bridgehead atoms. The number of hydrogen-bond donors (Lipinski definition) is 1. The van der Waals surface area contributed by atoms with Crippen LogP contribution < -0.4 is 4.90 Å². The van der Waals surface area contributed by atoms with Gasteiger partial charge < -0.3 is 10.0 Å². The van der Waals surface area contributed by atoms with Gasteiger partial charge >= 0.3 is 5.97 Å². The molecule has 1 aliphatic carbocycles. The van der Waals surface area contributed by atoms with Crippen LogP contribution in [-0.4, -0.2) is 53.7 Å². The molecule has 1 fully saturated rings. The lowest BCUT2D eigenvalue weighted by Gasteiger charge is -2.38. The van der Waals surface area contributed by atoms with Crippen LogP contribution in [0, 0.1) is 0 Å². The summed E-state index contributed by atoms with van der Waals surface area (Å²) in [5.74, 6) is -0.767. The van der Waals surface area contributed by atoms with Crippen molar-refractivity contribution in [3.63, 3.8) is 0 Å². The van der Waals surface area contributed by atoms with Crippen molar-refractivity contribution >= 4 is 34.2 Å². The number of anilines is 1. The predicted molar refractivity (Wildman–Crippen MR) is 109 cm³/mol. The number of fused-ring (bicyclic) bond motifs is 2. The molecule has 27 heavy (non-hydrogen) atoms. The molecule has 0 spiro atoms. The Kier molecular flexibility index (Phi) is 5.24. The molecule has 6 heteroatoms. The molecule has 2 aromatic rings. The fourth-order valence-electron chi connectivity index (χ4n) is 4.55. The summed E-state index contributed by atoms with van der Waals surface area (Å²) < 4.78 is 0. The van der Waals surface area contributed by atoms with E-state index in [9.17, 15) is 4.79 Å². The fraction of sp³-hybridized carbons (Fsp3) is 0.524. The summed E-state index contributed by atoms with van der Waals surface area (Å²) in [7, 11) is 1.90. The minimum absolute atomic E-state index is 0.0980. The second-order valence-electron chi connectivity index (χ2n) is 7.76. The first-order chi connectivity index (χ1) is 13.0. The van der Waals surface area contributed by atoms with E-state index in [1.54, 1.807) is 0 Å². The number of benzene rings is 1. The van der Waals surface area contributed by atoms with E-state index in [2.05, 4.69) is 23.1 Å². The first kappa shape index (κ1) is 18.5. The van der Waals surface area contributed by atoms with Crippen LogP contribution in [0.3, 0.4) is 0 Å². The fourth-order valence-corrected chi connectivity index (χ4v) is 4.94. The molecule has 0 radical (unpaired) electrons. The van der Waals surface area contributed by atoms with E-state index in [0.717, 1.165) is 60.4 Å². The van der Waals surface area contributed by atoms with Crippen LogP contribution in [0.25, 0.3) is 10.9 Å². The monoisotopic (exact) mass is 387 g/mol. The highest BCUT2D eigenvalue weighted by molar-refractivity contribution is 6.37. The number of pyridine rings is 1. The third-order valence-corrected chi connectivity index (χ3v) is 6.43. The third-order valence-electron chi connectivity index (χ3n) is 6.01. The SMILES string of the molecule is CN(CC(=O)O)C1CCN(c2cccc3nc4c(c(Cl)c23)CCCC4)CC1. The number of carboxylic acid groups (broad SMARTS) is 1. The van der Waals surface area contributed by atoms with Gasteiger partial charge in [-0.2, -0.15) is 0 Å². The highest BCUT2D eigenvalue weighted by atomic mass is 35.5. The first-order valence-electron chi connectivity index (χ1n) is 9.81. The molecule has 2 heterocycles. The van der Waals surface area contributed by atoms with Crippen LogP contribution in [0.2, 0.25) is 5.02 Å². The summed E-state index contributed by atoms with van der Waals surface area (Å²) in [6, 6.07) is 6.59. The molecule has 1 aromatic heterocycles. The van der Waals surface area contributed by atoms with Crippen molar-refractivity contribution in [2.24, 2.45) is 0 Å². The molecule has 1 saturated heterocycles. The van der Waals surface area contributed by atoms with Gasteiger partial charge in [0.05, 0.1) is 17.1 Å². The highest BCUT2D eigenvalue weighted by Crippen LogP contribution is 2.38. The van der Waals surface area contributed by atoms with Gasteiger partial charge in [0.25, 0.3) is 0 Å². The Morgan fingerprint density at radius 1 is 1.30 bits per heavy atom. The normalized spacial score (nSPS) is 18.1. The van der Waals surface area contributed by atoms with E-state index < -0.39 is 5.97 Å². The Morgan fingerprint density at radius 2 is 2.04 bits per heavy atom. The van der Waals surface area contributed by atoms with Gasteiger partial charge in [0.15, 0.2) is 0 Å². The van der Waals surface area contributed by atoms with Gasteiger partial charge in [0.1, 0.15) is 0 Å². The van der Waals surface area contributed by atoms with Gasteiger partial charge in [-0.15, -0.1) is 0 Å². The number of likely N-dealkylation sites (N-methyl/N-ethyl adjacent to an activating group) is 1. The molecule has 1 aliphatic heterocycles. The standard InChI is InChI=1S/C21H26ClN3O2/c1-24(13-19(26)27)14-9-11-25(12-10-14)18-8-4-7-17-20(18)21(22)15-5-2-3-6-16(15)23-17/h4,7-8,14H,2-3,5-6,9-13H2,1H3,(H,26,27). The summed E-state index contributed by atoms with van der Waals surface area (Å²) >= 11 is 6.88. The quantitative estimate of drug-likeness (QED) is 0.865. The summed E-state index contributed by atoms with van der Waals surface area (Å²) in [6.45, 7) is 1.91. The Balaban J connectivity index is 1.60. The Bertz CT molecular complexity index is 862. The lowest BCUT2D eigenvalue weighted by Crippen LogP contribution is -2.45. The maximum atomic E-state index is 11.0. The summed E-state index contributed by atoms with van der Waals surface area (Å²) in [6.07, 6.45) is 6.33. The predicted octanol–water partition coefficient (Wildman–Crippen LogP) is 3.75. The molecule has 0 atom stereocenters. The molecule has 2 aliphatic rings. The van der Waals surface area contributed by atoms with Crippen molar-refractivity contribution in [1.29, 1.82) is 0 Å². The number of carbonyl (C=O) groups is 1. The third kappa shape index (κ3) is 3.63. The Labute approximate surface area is 164 Å². The van der Waals surface area contributed by atoms with Gasteiger partial charge in [-0.1, -0.05) is 17.7 Å². The topological polar surface area (TPSA) is 56.7 Å². The van der Waals surface area contributed by atoms with Crippen molar-refractivity contribution in [2.75, 3.05) is 31.6 Å². The lowest BCUT2D eigenvalue weighted by atomic mass is 9.94. The number of piperidine rings is 1. The zero-order chi connectivity index (χ0) is 19.0. The van der Waals surface area contributed by atoms with Crippen molar-refractivity contribution in [3.8, 4) is 0 Å². The molecule has 1 N–H and O–H groups in total. The van der Waals surface area contributed by atoms with Crippen molar-refractivity contribution in [1.82, 2.24) is 9.88 Å². The Morgan fingerprint density at radius 3 is 2.78 bits per heavy atom. The lowest BCUT2D eigenvalue weighted by molar-refractivity contribution is -0.138. The zero-order valence-corrected chi connectivity index (χ0v) is 16.5. The molecule has 0 unspecified atom stereocenters. The number of carboxylic acids is 1. The molecule has 0 amide bonds. The van der Waals surface area contributed by atoms with Crippen LogP contribution in [0.1, 0.15) is 36.9 Å². The number of halogens is 1. The van der Waals surface area contributed by atoms with Gasteiger partial charge in [-0.25, -0.2) is 0 Å². The smallest absolute Gasteiger partial charge is 0.317 e. The number of hydrogen-bond acceptors (Lipinski definition) is 4. The van der Waals surface area contributed by atoms with Crippen LogP contribution in [0.15, 0.2) is 18.2 Å². The van der Waals surface area contributed by atoms with Crippen molar-refractivity contribution < 1.29 is 9.90 Å². The summed E-state index contributed by atoms with van der Waals surface area (Å²) in [5, 5.41) is 11.0. The zero-order valence-electron chi connectivity index (χ0n) is 15.7. The highest BCUT2D eigenvalue weighted by Gasteiger charge is 2.26. The number of aliphatic carboxylic acids is 1. The van der Waals surface area contributed by atoms with Crippen LogP contribution in [0.4, 0.5) is 5.69 Å². The number of aromatic nitrogens is 1. The van der Waals surface area contributed by atoms with E-state index in [0.29, 0.717) is 6.04 Å². The Hall–Kier alpha value is -1.85. The van der Waals surface area contributed by atoms with Gasteiger partial charge in [-0.05, 0) is 63.3 Å². The van der Waals surface area contributed by atoms with Crippen LogP contribution in [0.5, 0.6) is 0 Å². The summed E-state index contributed by atoms with van der Waals surface area (Å²) in [5.41, 5.74) is 4.56. The van der Waals surface area contributed by atoms with E-state index >= 15 is 0 Å². The average Bonchev–Trinajstić information content (AvgIpc) is 2.67. The molecule has 0 saturated carbocycles. The van der Waals surface area contributed by atoms with E-state index in [1.165, 1.54) is 24.1 Å². The first-order valence-corrected chi connectivity index (χ1v) is 10.2. The van der Waals surface area contributed by atoms with E-state index in [-0.39, 0.29) is 6.54 Å². The number of rotatable bonds is 4. The number of aryl methyl sites for hydroxylation is 1. The molecule has 144 valence electrons. The second kappa shape index (κ2) is 7.64. The van der Waals surface area contributed by atoms with Crippen LogP contribution >= 0.6 is 11.6 Å². The number of nitrogens with zero attached hydrogens (tertiary/aromatic N) is 3. The maximum Gasteiger partial charge on any atom is 0.317 e. The summed E-state index contributed by atoms with van der Waals surface area (Å²) in [4.78, 5) is 20.2. The molecule has 4 rings (SSSR count). The second-order valence-corrected chi connectivity index (χ2v) is 8.13. The van der Waals surface area contributed by atoms with Gasteiger partial charge in [0, 0.05) is 35.9 Å². The molecule has 1 aromatic carbocycles. The van der Waals surface area contributed by atoms with Gasteiger partial charge in [-0.3, -0.25) is 14.7 Å². The van der Waals surface area contributed by atoms with Crippen molar-refractivity contribution in [3.05, 3.63) is 34.5 Å². The average molecular weight is 388 g/mol. The van der Waals surface area contributed by atoms with Gasteiger partial charge in [0.2, 0.25) is 0 Å². The minimum atomic E-state index is -0.767. The van der Waals surface area contributed by atoms with Crippen LogP contribution in [-0.2, 0) is 17.6 Å². The largest absolute Gasteiger partial charge is 0.480 e. The van der Waals surface area contributed by atoms with E-state index in [1.807, 2.05) is 11.9 Å². The minimum Gasteiger partial charge on any atom is -0.480 e. The van der Waals surface area contributed by atoms with Crippen molar-refractivity contribution in [2.45, 2.75) is 44.6 Å². The molecule has 5 nitrogen and oxygen atoms in total.